The Balaban J connectivity index is 0.00000342. The van der Waals surface area contributed by atoms with Gasteiger partial charge in [-0.05, 0) is 67.9 Å². The van der Waals surface area contributed by atoms with Crippen LogP contribution in [0.3, 0.4) is 0 Å². The zero-order valence-corrected chi connectivity index (χ0v) is 19.9. The minimum absolute atomic E-state index is 0. The van der Waals surface area contributed by atoms with Crippen LogP contribution in [0.2, 0.25) is 0 Å². The molecule has 0 saturated carbocycles. The molecule has 1 saturated heterocycles. The number of esters is 1. The molecule has 1 aliphatic rings. The summed E-state index contributed by atoms with van der Waals surface area (Å²) < 4.78 is 16.6. The van der Waals surface area contributed by atoms with Crippen molar-refractivity contribution in [3.63, 3.8) is 0 Å². The summed E-state index contributed by atoms with van der Waals surface area (Å²) in [5.74, 6) is 2.75. The Bertz CT molecular complexity index is 1090. The van der Waals surface area contributed by atoms with Gasteiger partial charge in [-0.1, -0.05) is 19.6 Å². The van der Waals surface area contributed by atoms with Gasteiger partial charge in [-0.15, -0.1) is 0 Å². The van der Waals surface area contributed by atoms with Crippen molar-refractivity contribution in [1.29, 1.82) is 0 Å². The van der Waals surface area contributed by atoms with Crippen molar-refractivity contribution in [2.75, 3.05) is 38.2 Å². The SMILES string of the molecule is C.COc1ccc(Oc2cccc(CN3CCN(c4ncccc4C(=O)OC(C)C)CC3)c2)cc1. The maximum absolute atomic E-state index is 12.5. The molecular weight excluding hydrogens is 442 g/mol. The van der Waals surface area contributed by atoms with E-state index in [9.17, 15) is 4.79 Å². The van der Waals surface area contributed by atoms with E-state index in [1.165, 1.54) is 5.56 Å². The Kier molecular flexibility index (Phi) is 9.09. The van der Waals surface area contributed by atoms with E-state index in [1.54, 1.807) is 25.4 Å². The zero-order valence-electron chi connectivity index (χ0n) is 19.9. The highest BCUT2D eigenvalue weighted by molar-refractivity contribution is 5.94. The van der Waals surface area contributed by atoms with E-state index in [2.05, 4.69) is 26.9 Å². The Morgan fingerprint density at radius 1 is 0.943 bits per heavy atom. The molecule has 0 atom stereocenters. The number of aromatic nitrogens is 1. The zero-order chi connectivity index (χ0) is 23.9. The van der Waals surface area contributed by atoms with Gasteiger partial charge >= 0.3 is 5.97 Å². The molecule has 7 heteroatoms. The minimum atomic E-state index is -0.325. The number of hydrogen-bond donors (Lipinski definition) is 0. The lowest BCUT2D eigenvalue weighted by Gasteiger charge is -2.36. The first-order chi connectivity index (χ1) is 16.5. The van der Waals surface area contributed by atoms with Crippen molar-refractivity contribution in [1.82, 2.24) is 9.88 Å². The van der Waals surface area contributed by atoms with Crippen LogP contribution in [0, 0.1) is 0 Å². The number of methoxy groups -OCH3 is 1. The molecular formula is C28H35N3O4. The molecule has 2 heterocycles. The number of pyridine rings is 1. The highest BCUT2D eigenvalue weighted by Crippen LogP contribution is 2.26. The van der Waals surface area contributed by atoms with Gasteiger partial charge in [-0.3, -0.25) is 4.90 Å². The number of carbonyl (C=O) groups excluding carboxylic acids is 1. The van der Waals surface area contributed by atoms with Crippen LogP contribution in [-0.2, 0) is 11.3 Å². The van der Waals surface area contributed by atoms with Crippen LogP contribution in [0.15, 0.2) is 66.9 Å². The van der Waals surface area contributed by atoms with Crippen LogP contribution >= 0.6 is 0 Å². The first-order valence-electron chi connectivity index (χ1n) is 11.6. The number of nitrogens with zero attached hydrogens (tertiary/aromatic N) is 3. The average Bonchev–Trinajstić information content (AvgIpc) is 2.85. The van der Waals surface area contributed by atoms with Gasteiger partial charge < -0.3 is 19.1 Å². The molecule has 0 unspecified atom stereocenters. The molecule has 0 N–H and O–H groups in total. The van der Waals surface area contributed by atoms with Gasteiger partial charge in [0.1, 0.15) is 28.6 Å². The Hall–Kier alpha value is -3.58. The van der Waals surface area contributed by atoms with E-state index in [0.29, 0.717) is 11.4 Å². The van der Waals surface area contributed by atoms with Crippen molar-refractivity contribution in [3.05, 3.63) is 78.0 Å². The lowest BCUT2D eigenvalue weighted by Crippen LogP contribution is -2.46. The van der Waals surface area contributed by atoms with Gasteiger partial charge in [-0.25, -0.2) is 9.78 Å². The summed E-state index contributed by atoms with van der Waals surface area (Å²) in [6, 6.07) is 19.3. The van der Waals surface area contributed by atoms with Gasteiger partial charge in [0.15, 0.2) is 0 Å². The normalized spacial score (nSPS) is 13.8. The summed E-state index contributed by atoms with van der Waals surface area (Å²) in [5, 5.41) is 0. The summed E-state index contributed by atoms with van der Waals surface area (Å²) in [4.78, 5) is 21.6. The third-order valence-electron chi connectivity index (χ3n) is 5.62. The van der Waals surface area contributed by atoms with Crippen LogP contribution in [0.1, 0.15) is 37.2 Å². The van der Waals surface area contributed by atoms with Crippen LogP contribution in [-0.4, -0.2) is 55.2 Å². The van der Waals surface area contributed by atoms with E-state index >= 15 is 0 Å². The predicted octanol–water partition coefficient (Wildman–Crippen LogP) is 5.41. The van der Waals surface area contributed by atoms with E-state index in [-0.39, 0.29) is 19.5 Å². The molecule has 3 aromatic rings. The molecule has 0 spiro atoms. The molecule has 0 radical (unpaired) electrons. The van der Waals surface area contributed by atoms with Crippen molar-refractivity contribution in [3.8, 4) is 17.2 Å². The molecule has 1 aromatic heterocycles. The first kappa shape index (κ1) is 26.0. The predicted molar refractivity (Wildman–Crippen MR) is 139 cm³/mol. The summed E-state index contributed by atoms with van der Waals surface area (Å²) in [7, 11) is 1.65. The number of carbonyl (C=O) groups is 1. The van der Waals surface area contributed by atoms with Gasteiger partial charge in [-0.2, -0.15) is 0 Å². The van der Waals surface area contributed by atoms with Crippen molar-refractivity contribution in [2.24, 2.45) is 0 Å². The second-order valence-corrected chi connectivity index (χ2v) is 8.52. The summed E-state index contributed by atoms with van der Waals surface area (Å²) >= 11 is 0. The maximum atomic E-state index is 12.5. The highest BCUT2D eigenvalue weighted by atomic mass is 16.5. The third-order valence-corrected chi connectivity index (χ3v) is 5.62. The fourth-order valence-electron chi connectivity index (χ4n) is 3.95. The van der Waals surface area contributed by atoms with E-state index in [0.717, 1.165) is 50.0 Å². The van der Waals surface area contributed by atoms with Crippen LogP contribution in [0.4, 0.5) is 5.82 Å². The molecule has 186 valence electrons. The molecule has 1 fully saturated rings. The highest BCUT2D eigenvalue weighted by Gasteiger charge is 2.23. The van der Waals surface area contributed by atoms with E-state index in [1.807, 2.05) is 50.2 Å². The number of benzene rings is 2. The van der Waals surface area contributed by atoms with Crippen molar-refractivity contribution in [2.45, 2.75) is 33.9 Å². The Labute approximate surface area is 208 Å². The molecule has 4 rings (SSSR count). The maximum Gasteiger partial charge on any atom is 0.342 e. The van der Waals surface area contributed by atoms with Crippen LogP contribution in [0.25, 0.3) is 0 Å². The fraction of sp³-hybridized carbons (Fsp3) is 0.357. The number of ether oxygens (including phenoxy) is 3. The van der Waals surface area contributed by atoms with Crippen molar-refractivity contribution < 1.29 is 19.0 Å². The lowest BCUT2D eigenvalue weighted by molar-refractivity contribution is 0.0378. The lowest BCUT2D eigenvalue weighted by atomic mass is 10.1. The van der Waals surface area contributed by atoms with Gasteiger partial charge in [0.2, 0.25) is 0 Å². The molecule has 0 amide bonds. The second-order valence-electron chi connectivity index (χ2n) is 8.52. The number of hydrogen-bond acceptors (Lipinski definition) is 7. The topological polar surface area (TPSA) is 64.1 Å². The smallest absolute Gasteiger partial charge is 0.342 e. The Morgan fingerprint density at radius 2 is 1.66 bits per heavy atom. The van der Waals surface area contributed by atoms with Crippen LogP contribution < -0.4 is 14.4 Å². The molecule has 35 heavy (non-hydrogen) atoms. The van der Waals surface area contributed by atoms with E-state index in [4.69, 9.17) is 14.2 Å². The van der Waals surface area contributed by atoms with E-state index < -0.39 is 0 Å². The second kappa shape index (κ2) is 12.2. The number of anilines is 1. The first-order valence-corrected chi connectivity index (χ1v) is 11.6. The summed E-state index contributed by atoms with van der Waals surface area (Å²) in [5.41, 5.74) is 1.71. The molecule has 0 aliphatic carbocycles. The van der Waals surface area contributed by atoms with Crippen LogP contribution in [0.5, 0.6) is 17.2 Å². The Morgan fingerprint density at radius 3 is 2.34 bits per heavy atom. The van der Waals surface area contributed by atoms with Gasteiger partial charge in [0.25, 0.3) is 0 Å². The third kappa shape index (κ3) is 6.96. The minimum Gasteiger partial charge on any atom is -0.497 e. The largest absolute Gasteiger partial charge is 0.497 e. The number of piperazine rings is 1. The standard InChI is InChI=1S/C27H31N3O4.CH4/c1-20(2)33-27(31)25-8-5-13-28-26(25)30-16-14-29(15-17-30)19-21-6-4-7-24(18-21)34-23-11-9-22(32-3)10-12-23;/h4-13,18,20H,14-17,19H2,1-3H3;1H4. The molecule has 2 aromatic carbocycles. The van der Waals surface area contributed by atoms with Crippen molar-refractivity contribution >= 4 is 11.8 Å². The van der Waals surface area contributed by atoms with Gasteiger partial charge in [0.05, 0.1) is 13.2 Å². The number of rotatable bonds is 8. The monoisotopic (exact) mass is 477 g/mol. The fourth-order valence-corrected chi connectivity index (χ4v) is 3.95. The summed E-state index contributed by atoms with van der Waals surface area (Å²) in [6.45, 7) is 7.87. The molecule has 1 aliphatic heterocycles. The molecule has 7 nitrogen and oxygen atoms in total. The molecule has 0 bridgehead atoms. The quantitative estimate of drug-likeness (QED) is 0.402. The summed E-state index contributed by atoms with van der Waals surface area (Å²) in [6.07, 6.45) is 1.56. The average molecular weight is 478 g/mol. The van der Waals surface area contributed by atoms with Gasteiger partial charge in [0, 0.05) is 38.9 Å².